The maximum Gasteiger partial charge on any atom is 0.261 e. The number of hydrogen-bond acceptors (Lipinski definition) is 6. The molecule has 0 saturated heterocycles. The molecule has 1 amide bonds. The van der Waals surface area contributed by atoms with Crippen LogP contribution in [0.5, 0.6) is 17.2 Å². The van der Waals surface area contributed by atoms with Crippen LogP contribution in [0, 0.1) is 6.92 Å². The number of nitrogens with zero attached hydrogens (tertiary/aromatic N) is 1. The molecule has 0 unspecified atom stereocenters. The number of amides is 1. The molecular formula is C20H20N2O4S. The van der Waals surface area contributed by atoms with E-state index in [0.29, 0.717) is 22.2 Å². The summed E-state index contributed by atoms with van der Waals surface area (Å²) in [6, 6.07) is 11.0. The molecule has 7 heteroatoms. The van der Waals surface area contributed by atoms with Gasteiger partial charge in [0.1, 0.15) is 17.2 Å². The minimum absolute atomic E-state index is 0.317. The molecule has 1 N–H and O–H groups in total. The predicted octanol–water partition coefficient (Wildman–Crippen LogP) is 4.40. The third-order valence-electron chi connectivity index (χ3n) is 4.01. The zero-order valence-corrected chi connectivity index (χ0v) is 16.3. The van der Waals surface area contributed by atoms with Crippen molar-refractivity contribution in [1.29, 1.82) is 0 Å². The number of anilines is 1. The zero-order chi connectivity index (χ0) is 19.4. The average molecular weight is 384 g/mol. The SMILES string of the molecule is COc1ccc(OC)c(C(=O)Nc2nc(-c3cc(C)ccc3OC)cs2)c1. The van der Waals surface area contributed by atoms with Crippen molar-refractivity contribution in [3.63, 3.8) is 0 Å². The van der Waals surface area contributed by atoms with E-state index in [9.17, 15) is 4.79 Å². The third kappa shape index (κ3) is 4.03. The van der Waals surface area contributed by atoms with Crippen LogP contribution in [0.25, 0.3) is 11.3 Å². The summed E-state index contributed by atoms with van der Waals surface area (Å²) >= 11 is 1.35. The van der Waals surface area contributed by atoms with Crippen LogP contribution in [0.15, 0.2) is 41.8 Å². The molecule has 1 aromatic heterocycles. The van der Waals surface area contributed by atoms with Gasteiger partial charge in [-0.3, -0.25) is 10.1 Å². The predicted molar refractivity (Wildman–Crippen MR) is 106 cm³/mol. The molecule has 3 aromatic rings. The van der Waals surface area contributed by atoms with Crippen molar-refractivity contribution < 1.29 is 19.0 Å². The number of rotatable bonds is 6. The molecule has 0 atom stereocenters. The van der Waals surface area contributed by atoms with Crippen LogP contribution in [0.1, 0.15) is 15.9 Å². The fraction of sp³-hybridized carbons (Fsp3) is 0.200. The number of ether oxygens (including phenoxy) is 3. The molecule has 0 aliphatic heterocycles. The van der Waals surface area contributed by atoms with Crippen molar-refractivity contribution in [2.75, 3.05) is 26.6 Å². The van der Waals surface area contributed by atoms with Crippen molar-refractivity contribution in [2.45, 2.75) is 6.92 Å². The summed E-state index contributed by atoms with van der Waals surface area (Å²) in [5, 5.41) is 5.19. The van der Waals surface area contributed by atoms with E-state index in [4.69, 9.17) is 14.2 Å². The molecule has 0 aliphatic carbocycles. The van der Waals surface area contributed by atoms with E-state index in [2.05, 4.69) is 10.3 Å². The number of hydrogen-bond donors (Lipinski definition) is 1. The molecular weight excluding hydrogens is 364 g/mol. The fourth-order valence-electron chi connectivity index (χ4n) is 2.63. The Morgan fingerprint density at radius 3 is 2.44 bits per heavy atom. The van der Waals surface area contributed by atoms with Gasteiger partial charge in [-0.15, -0.1) is 11.3 Å². The zero-order valence-electron chi connectivity index (χ0n) is 15.5. The van der Waals surface area contributed by atoms with Gasteiger partial charge >= 0.3 is 0 Å². The largest absolute Gasteiger partial charge is 0.497 e. The Labute approximate surface area is 161 Å². The Balaban J connectivity index is 1.86. The summed E-state index contributed by atoms with van der Waals surface area (Å²) in [7, 11) is 4.69. The first-order chi connectivity index (χ1) is 13.0. The summed E-state index contributed by atoms with van der Waals surface area (Å²) < 4.78 is 15.9. The number of aryl methyl sites for hydroxylation is 1. The highest BCUT2D eigenvalue weighted by atomic mass is 32.1. The molecule has 3 rings (SSSR count). The standard InChI is InChI=1S/C20H20N2O4S/c1-12-5-7-17(25-3)14(9-12)16-11-27-20(21-16)22-19(23)15-10-13(24-2)6-8-18(15)26-4/h5-11H,1-4H3,(H,21,22,23). The summed E-state index contributed by atoms with van der Waals surface area (Å²) in [6.45, 7) is 2.01. The highest BCUT2D eigenvalue weighted by Gasteiger charge is 2.16. The maximum absolute atomic E-state index is 12.7. The first-order valence-electron chi connectivity index (χ1n) is 8.19. The molecule has 0 fully saturated rings. The van der Waals surface area contributed by atoms with Gasteiger partial charge in [-0.2, -0.15) is 0 Å². The minimum atomic E-state index is -0.317. The minimum Gasteiger partial charge on any atom is -0.497 e. The van der Waals surface area contributed by atoms with Crippen LogP contribution in [0.3, 0.4) is 0 Å². The molecule has 1 heterocycles. The van der Waals surface area contributed by atoms with Gasteiger partial charge < -0.3 is 14.2 Å². The number of carbonyl (C=O) groups is 1. The molecule has 0 radical (unpaired) electrons. The second-order valence-corrected chi connectivity index (χ2v) is 6.62. The number of aromatic nitrogens is 1. The summed E-state index contributed by atoms with van der Waals surface area (Å²) in [4.78, 5) is 17.2. The quantitative estimate of drug-likeness (QED) is 0.682. The lowest BCUT2D eigenvalue weighted by molar-refractivity contribution is 0.102. The first kappa shape index (κ1) is 18.7. The Bertz CT molecular complexity index is 968. The lowest BCUT2D eigenvalue weighted by Gasteiger charge is -2.10. The van der Waals surface area contributed by atoms with Crippen LogP contribution in [-0.2, 0) is 0 Å². The summed E-state index contributed by atoms with van der Waals surface area (Å²) in [5.41, 5.74) is 3.11. The van der Waals surface area contributed by atoms with Gasteiger partial charge in [-0.25, -0.2) is 4.98 Å². The van der Waals surface area contributed by atoms with Gasteiger partial charge in [0, 0.05) is 10.9 Å². The molecule has 0 bridgehead atoms. The van der Waals surface area contributed by atoms with Crippen molar-refractivity contribution in [3.8, 4) is 28.5 Å². The first-order valence-corrected chi connectivity index (χ1v) is 9.07. The van der Waals surface area contributed by atoms with Gasteiger partial charge in [-0.1, -0.05) is 11.6 Å². The van der Waals surface area contributed by atoms with Gasteiger partial charge in [0.15, 0.2) is 5.13 Å². The average Bonchev–Trinajstić information content (AvgIpc) is 3.15. The molecule has 27 heavy (non-hydrogen) atoms. The lowest BCUT2D eigenvalue weighted by atomic mass is 10.1. The number of methoxy groups -OCH3 is 3. The smallest absolute Gasteiger partial charge is 0.261 e. The van der Waals surface area contributed by atoms with Gasteiger partial charge in [0.2, 0.25) is 0 Å². The van der Waals surface area contributed by atoms with E-state index in [1.54, 1.807) is 32.4 Å². The molecule has 0 saturated carbocycles. The van der Waals surface area contributed by atoms with Gasteiger partial charge in [0.25, 0.3) is 5.91 Å². The highest BCUT2D eigenvalue weighted by molar-refractivity contribution is 7.14. The number of nitrogens with one attached hydrogen (secondary N) is 1. The molecule has 2 aromatic carbocycles. The second kappa shape index (κ2) is 8.09. The van der Waals surface area contributed by atoms with Crippen molar-refractivity contribution in [2.24, 2.45) is 0 Å². The van der Waals surface area contributed by atoms with E-state index < -0.39 is 0 Å². The molecule has 6 nitrogen and oxygen atoms in total. The van der Waals surface area contributed by atoms with Crippen molar-refractivity contribution in [1.82, 2.24) is 4.98 Å². The van der Waals surface area contributed by atoms with Crippen LogP contribution in [-0.4, -0.2) is 32.2 Å². The number of benzene rings is 2. The Morgan fingerprint density at radius 2 is 1.74 bits per heavy atom. The normalized spacial score (nSPS) is 10.4. The topological polar surface area (TPSA) is 69.7 Å². The summed E-state index contributed by atoms with van der Waals surface area (Å²) in [6.07, 6.45) is 0. The van der Waals surface area contributed by atoms with Crippen LogP contribution < -0.4 is 19.5 Å². The van der Waals surface area contributed by atoms with E-state index in [-0.39, 0.29) is 5.91 Å². The Morgan fingerprint density at radius 1 is 1.00 bits per heavy atom. The molecule has 140 valence electrons. The second-order valence-electron chi connectivity index (χ2n) is 5.76. The monoisotopic (exact) mass is 384 g/mol. The molecule has 0 aliphatic rings. The number of carbonyl (C=O) groups excluding carboxylic acids is 1. The van der Waals surface area contributed by atoms with Crippen LogP contribution in [0.4, 0.5) is 5.13 Å². The Hall–Kier alpha value is -3.06. The van der Waals surface area contributed by atoms with Gasteiger partial charge in [0.05, 0.1) is 32.6 Å². The van der Waals surface area contributed by atoms with E-state index in [0.717, 1.165) is 22.6 Å². The maximum atomic E-state index is 12.7. The lowest BCUT2D eigenvalue weighted by Crippen LogP contribution is -2.13. The number of thiazole rings is 1. The highest BCUT2D eigenvalue weighted by Crippen LogP contribution is 2.33. The van der Waals surface area contributed by atoms with Crippen molar-refractivity contribution >= 4 is 22.4 Å². The van der Waals surface area contributed by atoms with E-state index >= 15 is 0 Å². The summed E-state index contributed by atoms with van der Waals surface area (Å²) in [5.74, 6) is 1.46. The van der Waals surface area contributed by atoms with Crippen molar-refractivity contribution in [3.05, 3.63) is 52.9 Å². The van der Waals surface area contributed by atoms with E-state index in [1.165, 1.54) is 18.4 Å². The third-order valence-corrected chi connectivity index (χ3v) is 4.76. The molecule has 0 spiro atoms. The van der Waals surface area contributed by atoms with Crippen LogP contribution >= 0.6 is 11.3 Å². The Kier molecular flexibility index (Phi) is 5.61. The van der Waals surface area contributed by atoms with Gasteiger partial charge in [-0.05, 0) is 37.3 Å². The fourth-order valence-corrected chi connectivity index (χ4v) is 3.34. The van der Waals surface area contributed by atoms with Crippen LogP contribution in [0.2, 0.25) is 0 Å². The van der Waals surface area contributed by atoms with E-state index in [1.807, 2.05) is 30.5 Å².